The third kappa shape index (κ3) is 3.82. The molecule has 0 unspecified atom stereocenters. The van der Waals surface area contributed by atoms with E-state index in [4.69, 9.17) is 16.3 Å². The van der Waals surface area contributed by atoms with E-state index in [1.54, 1.807) is 0 Å². The van der Waals surface area contributed by atoms with E-state index >= 15 is 0 Å². The van der Waals surface area contributed by atoms with E-state index in [-0.39, 0.29) is 5.78 Å². The van der Waals surface area contributed by atoms with E-state index in [2.05, 4.69) is 5.10 Å². The molecule has 18 heavy (non-hydrogen) atoms. The number of aryl methyl sites for hydroxylation is 2. The lowest BCUT2D eigenvalue weighted by atomic mass is 10.1. The molecule has 0 saturated heterocycles. The Hall–Kier alpha value is -0.870. The average molecular weight is 273 g/mol. The highest BCUT2D eigenvalue weighted by atomic mass is 35.5. The van der Waals surface area contributed by atoms with Gasteiger partial charge in [0.1, 0.15) is 5.78 Å². The molecule has 5 heteroatoms. The Labute approximate surface area is 113 Å². The van der Waals surface area contributed by atoms with E-state index in [0.29, 0.717) is 31.1 Å². The fourth-order valence-corrected chi connectivity index (χ4v) is 2.13. The number of halogens is 1. The van der Waals surface area contributed by atoms with Crippen LogP contribution in [0.3, 0.4) is 0 Å². The zero-order valence-corrected chi connectivity index (χ0v) is 12.1. The second kappa shape index (κ2) is 7.54. The summed E-state index contributed by atoms with van der Waals surface area (Å²) in [6.07, 6.45) is 1.55. The van der Waals surface area contributed by atoms with Crippen molar-refractivity contribution in [3.8, 4) is 0 Å². The molecule has 0 fully saturated rings. The standard InChI is InChI=1S/C13H21ClN2O2/c1-4-11-13(14)12(16(5-2)15-11)9-10(17)7-8-18-6-3/h4-9H2,1-3H3. The number of hydrogen-bond donors (Lipinski definition) is 0. The van der Waals surface area contributed by atoms with Crippen LogP contribution in [0.15, 0.2) is 0 Å². The maximum atomic E-state index is 11.8. The van der Waals surface area contributed by atoms with Crippen molar-refractivity contribution in [3.63, 3.8) is 0 Å². The molecule has 1 heterocycles. The molecular formula is C13H21ClN2O2. The quantitative estimate of drug-likeness (QED) is 0.684. The number of nitrogens with zero attached hydrogens (tertiary/aromatic N) is 2. The van der Waals surface area contributed by atoms with E-state index in [0.717, 1.165) is 24.4 Å². The Kier molecular flexibility index (Phi) is 6.36. The van der Waals surface area contributed by atoms with Crippen molar-refractivity contribution in [2.45, 2.75) is 46.6 Å². The summed E-state index contributed by atoms with van der Waals surface area (Å²) in [6.45, 7) is 7.77. The highest BCUT2D eigenvalue weighted by Crippen LogP contribution is 2.22. The lowest BCUT2D eigenvalue weighted by molar-refractivity contribution is -0.119. The van der Waals surface area contributed by atoms with Crippen molar-refractivity contribution in [2.75, 3.05) is 13.2 Å². The Balaban J connectivity index is 2.70. The highest BCUT2D eigenvalue weighted by Gasteiger charge is 2.16. The van der Waals surface area contributed by atoms with Gasteiger partial charge in [-0.1, -0.05) is 18.5 Å². The number of carbonyl (C=O) groups is 1. The number of aromatic nitrogens is 2. The van der Waals surface area contributed by atoms with Gasteiger partial charge in [0.05, 0.1) is 23.0 Å². The third-order valence-electron chi connectivity index (χ3n) is 2.79. The Morgan fingerprint density at radius 1 is 1.39 bits per heavy atom. The summed E-state index contributed by atoms with van der Waals surface area (Å²) in [5.41, 5.74) is 1.70. The third-order valence-corrected chi connectivity index (χ3v) is 3.22. The molecule has 0 aromatic carbocycles. The number of ether oxygens (including phenoxy) is 1. The van der Waals surface area contributed by atoms with Gasteiger partial charge in [-0.15, -0.1) is 0 Å². The number of ketones is 1. The normalized spacial score (nSPS) is 10.9. The number of carbonyl (C=O) groups excluding carboxylic acids is 1. The van der Waals surface area contributed by atoms with Crippen LogP contribution in [0.4, 0.5) is 0 Å². The lowest BCUT2D eigenvalue weighted by Gasteiger charge is -2.05. The van der Waals surface area contributed by atoms with Crippen LogP contribution in [0.2, 0.25) is 5.02 Å². The molecule has 102 valence electrons. The predicted molar refractivity (Wildman–Crippen MR) is 72.1 cm³/mol. The fourth-order valence-electron chi connectivity index (χ4n) is 1.79. The Morgan fingerprint density at radius 3 is 2.67 bits per heavy atom. The van der Waals surface area contributed by atoms with E-state index in [1.807, 2.05) is 25.5 Å². The first-order valence-electron chi connectivity index (χ1n) is 6.47. The topological polar surface area (TPSA) is 44.1 Å². The minimum atomic E-state index is 0.141. The maximum Gasteiger partial charge on any atom is 0.141 e. The molecular weight excluding hydrogens is 252 g/mol. The molecule has 0 aliphatic heterocycles. The molecule has 1 rings (SSSR count). The largest absolute Gasteiger partial charge is 0.381 e. The van der Waals surface area contributed by atoms with Crippen molar-refractivity contribution >= 4 is 17.4 Å². The van der Waals surface area contributed by atoms with Crippen molar-refractivity contribution in [1.82, 2.24) is 9.78 Å². The summed E-state index contributed by atoms with van der Waals surface area (Å²) in [5, 5.41) is 5.04. The van der Waals surface area contributed by atoms with Gasteiger partial charge < -0.3 is 4.74 Å². The molecule has 0 bridgehead atoms. The van der Waals surface area contributed by atoms with Crippen LogP contribution >= 0.6 is 11.6 Å². The highest BCUT2D eigenvalue weighted by molar-refractivity contribution is 6.32. The van der Waals surface area contributed by atoms with E-state index in [9.17, 15) is 4.79 Å². The fraction of sp³-hybridized carbons (Fsp3) is 0.692. The zero-order chi connectivity index (χ0) is 13.5. The van der Waals surface area contributed by atoms with Gasteiger partial charge in [-0.3, -0.25) is 9.48 Å². The van der Waals surface area contributed by atoms with Crippen molar-refractivity contribution < 1.29 is 9.53 Å². The summed E-state index contributed by atoms with van der Waals surface area (Å²) < 4.78 is 7.00. The zero-order valence-electron chi connectivity index (χ0n) is 11.3. The molecule has 0 saturated carbocycles. The molecule has 1 aromatic heterocycles. The smallest absolute Gasteiger partial charge is 0.141 e. The van der Waals surface area contributed by atoms with Crippen LogP contribution in [-0.4, -0.2) is 28.8 Å². The molecule has 0 spiro atoms. The summed E-state index contributed by atoms with van der Waals surface area (Å²) in [6, 6.07) is 0. The molecule has 4 nitrogen and oxygen atoms in total. The maximum absolute atomic E-state index is 11.8. The number of Topliss-reactive ketones (excluding diaryl/α,β-unsaturated/α-hetero) is 1. The van der Waals surface area contributed by atoms with Crippen LogP contribution in [0.5, 0.6) is 0 Å². The Morgan fingerprint density at radius 2 is 2.11 bits per heavy atom. The van der Waals surface area contributed by atoms with E-state index in [1.165, 1.54) is 0 Å². The number of rotatable bonds is 8. The monoisotopic (exact) mass is 272 g/mol. The van der Waals surface area contributed by atoms with Crippen molar-refractivity contribution in [2.24, 2.45) is 0 Å². The first-order chi connectivity index (χ1) is 8.63. The first kappa shape index (κ1) is 15.2. The first-order valence-corrected chi connectivity index (χ1v) is 6.85. The predicted octanol–water partition coefficient (Wildman–Crippen LogP) is 2.66. The summed E-state index contributed by atoms with van der Waals surface area (Å²) in [4.78, 5) is 11.8. The van der Waals surface area contributed by atoms with Crippen molar-refractivity contribution in [1.29, 1.82) is 0 Å². The van der Waals surface area contributed by atoms with Gasteiger partial charge in [0.2, 0.25) is 0 Å². The summed E-state index contributed by atoms with van der Waals surface area (Å²) >= 11 is 6.25. The second-order valence-electron chi connectivity index (χ2n) is 4.04. The van der Waals surface area contributed by atoms with Crippen LogP contribution in [0, 0.1) is 0 Å². The van der Waals surface area contributed by atoms with Crippen molar-refractivity contribution in [3.05, 3.63) is 16.4 Å². The average Bonchev–Trinajstić information content (AvgIpc) is 2.66. The SMILES string of the molecule is CCOCCC(=O)Cc1c(Cl)c(CC)nn1CC. The lowest BCUT2D eigenvalue weighted by Crippen LogP contribution is -2.11. The van der Waals surface area contributed by atoms with Gasteiger partial charge in [0, 0.05) is 26.0 Å². The van der Waals surface area contributed by atoms with Crippen LogP contribution in [0.25, 0.3) is 0 Å². The van der Waals surface area contributed by atoms with Crippen LogP contribution < -0.4 is 0 Å². The van der Waals surface area contributed by atoms with Crippen LogP contribution in [0.1, 0.15) is 38.6 Å². The van der Waals surface area contributed by atoms with Gasteiger partial charge in [-0.05, 0) is 20.3 Å². The van der Waals surface area contributed by atoms with Gasteiger partial charge in [0.15, 0.2) is 0 Å². The molecule has 0 amide bonds. The van der Waals surface area contributed by atoms with Gasteiger partial charge >= 0.3 is 0 Å². The van der Waals surface area contributed by atoms with Crippen LogP contribution in [-0.2, 0) is 28.9 Å². The van der Waals surface area contributed by atoms with Gasteiger partial charge in [0.25, 0.3) is 0 Å². The molecule has 1 aromatic rings. The molecule has 0 radical (unpaired) electrons. The minimum absolute atomic E-state index is 0.141. The minimum Gasteiger partial charge on any atom is -0.381 e. The van der Waals surface area contributed by atoms with E-state index < -0.39 is 0 Å². The molecule has 0 aliphatic rings. The molecule has 0 aliphatic carbocycles. The number of hydrogen-bond acceptors (Lipinski definition) is 3. The summed E-state index contributed by atoms with van der Waals surface area (Å²) in [7, 11) is 0. The molecule has 0 N–H and O–H groups in total. The second-order valence-corrected chi connectivity index (χ2v) is 4.42. The van der Waals surface area contributed by atoms with Gasteiger partial charge in [-0.25, -0.2) is 0 Å². The Bertz CT molecular complexity index is 402. The summed E-state index contributed by atoms with van der Waals surface area (Å²) in [5.74, 6) is 0.141. The molecule has 0 atom stereocenters. The van der Waals surface area contributed by atoms with Gasteiger partial charge in [-0.2, -0.15) is 5.10 Å².